The van der Waals surface area contributed by atoms with Crippen LogP contribution in [0.5, 0.6) is 0 Å². The zero-order chi connectivity index (χ0) is 14.1. The molecule has 0 saturated carbocycles. The van der Waals surface area contributed by atoms with E-state index in [1.807, 2.05) is 19.9 Å². The van der Waals surface area contributed by atoms with Crippen LogP contribution in [-0.4, -0.2) is 30.6 Å². The molecule has 1 rings (SSSR count). The predicted molar refractivity (Wildman–Crippen MR) is 73.2 cm³/mol. The topological polar surface area (TPSA) is 29.5 Å². The van der Waals surface area contributed by atoms with Gasteiger partial charge in [-0.1, -0.05) is 12.1 Å². The monoisotopic (exact) mass is 267 g/mol. The van der Waals surface area contributed by atoms with Crippen LogP contribution in [-0.2, 0) is 16.1 Å². The fraction of sp³-hybridized carbons (Fsp3) is 0.533. The zero-order valence-corrected chi connectivity index (χ0v) is 11.7. The summed E-state index contributed by atoms with van der Waals surface area (Å²) in [5.41, 5.74) is 0.819. The summed E-state index contributed by atoms with van der Waals surface area (Å²) < 4.78 is 18.3. The van der Waals surface area contributed by atoms with Gasteiger partial charge in [0.25, 0.3) is 0 Å². The van der Waals surface area contributed by atoms with E-state index in [1.165, 1.54) is 12.1 Å². The van der Waals surface area contributed by atoms with Crippen LogP contribution in [0.3, 0.4) is 0 Å². The van der Waals surface area contributed by atoms with Gasteiger partial charge in [-0.05, 0) is 38.0 Å². The smallest absolute Gasteiger partial charge is 0.222 e. The van der Waals surface area contributed by atoms with E-state index < -0.39 is 0 Å². The van der Waals surface area contributed by atoms with Crippen molar-refractivity contribution in [3.8, 4) is 0 Å². The molecule has 0 fully saturated rings. The van der Waals surface area contributed by atoms with Gasteiger partial charge in [0.2, 0.25) is 5.91 Å². The molecule has 0 aliphatic rings. The number of hydrogen-bond acceptors (Lipinski definition) is 2. The molecular formula is C15H22FNO2. The van der Waals surface area contributed by atoms with E-state index in [9.17, 15) is 9.18 Å². The van der Waals surface area contributed by atoms with E-state index in [-0.39, 0.29) is 11.7 Å². The highest BCUT2D eigenvalue weighted by Gasteiger charge is 2.11. The predicted octanol–water partition coefficient (Wildman–Crippen LogP) is 2.99. The molecule has 0 saturated heterocycles. The van der Waals surface area contributed by atoms with E-state index in [4.69, 9.17) is 4.74 Å². The molecule has 0 N–H and O–H groups in total. The Kier molecular flexibility index (Phi) is 7.11. The van der Waals surface area contributed by atoms with Gasteiger partial charge >= 0.3 is 0 Å². The van der Waals surface area contributed by atoms with E-state index in [1.54, 1.807) is 11.0 Å². The maximum atomic E-state index is 13.1. The van der Waals surface area contributed by atoms with Gasteiger partial charge in [-0.25, -0.2) is 4.39 Å². The Bertz CT molecular complexity index is 395. The Hall–Kier alpha value is -1.42. The van der Waals surface area contributed by atoms with Crippen molar-refractivity contribution in [3.05, 3.63) is 35.6 Å². The Labute approximate surface area is 114 Å². The lowest BCUT2D eigenvalue weighted by Crippen LogP contribution is -2.30. The highest BCUT2D eigenvalue weighted by atomic mass is 19.1. The minimum absolute atomic E-state index is 0.0893. The van der Waals surface area contributed by atoms with Crippen LogP contribution in [0, 0.1) is 5.82 Å². The van der Waals surface area contributed by atoms with Gasteiger partial charge in [-0.2, -0.15) is 0 Å². The van der Waals surface area contributed by atoms with Gasteiger partial charge in [-0.3, -0.25) is 4.79 Å². The van der Waals surface area contributed by atoms with Crippen LogP contribution in [0.4, 0.5) is 4.39 Å². The van der Waals surface area contributed by atoms with E-state index in [2.05, 4.69) is 0 Å². The average Bonchev–Trinajstić information content (AvgIpc) is 2.41. The third-order valence-corrected chi connectivity index (χ3v) is 2.88. The van der Waals surface area contributed by atoms with Gasteiger partial charge in [0, 0.05) is 32.7 Å². The number of rotatable bonds is 8. The van der Waals surface area contributed by atoms with Crippen LogP contribution < -0.4 is 0 Å². The largest absolute Gasteiger partial charge is 0.382 e. The minimum atomic E-state index is -0.266. The molecule has 19 heavy (non-hydrogen) atoms. The zero-order valence-electron chi connectivity index (χ0n) is 11.7. The Morgan fingerprint density at radius 1 is 1.37 bits per heavy atom. The Balaban J connectivity index is 2.46. The molecule has 0 aliphatic carbocycles. The van der Waals surface area contributed by atoms with Crippen LogP contribution in [0.2, 0.25) is 0 Å². The fourth-order valence-electron chi connectivity index (χ4n) is 1.86. The quantitative estimate of drug-likeness (QED) is 0.678. The summed E-state index contributed by atoms with van der Waals surface area (Å²) in [4.78, 5) is 13.7. The second-order valence-corrected chi connectivity index (χ2v) is 4.34. The number of benzene rings is 1. The molecule has 0 spiro atoms. The highest BCUT2D eigenvalue weighted by Crippen LogP contribution is 2.09. The van der Waals surface area contributed by atoms with Crippen molar-refractivity contribution in [1.29, 1.82) is 0 Å². The molecule has 0 radical (unpaired) electrons. The molecular weight excluding hydrogens is 245 g/mol. The first-order chi connectivity index (χ1) is 9.17. The minimum Gasteiger partial charge on any atom is -0.382 e. The second-order valence-electron chi connectivity index (χ2n) is 4.34. The highest BCUT2D eigenvalue weighted by molar-refractivity contribution is 5.76. The molecule has 3 nitrogen and oxygen atoms in total. The van der Waals surface area contributed by atoms with Crippen molar-refractivity contribution in [3.63, 3.8) is 0 Å². The number of nitrogens with zero attached hydrogens (tertiary/aromatic N) is 1. The lowest BCUT2D eigenvalue weighted by molar-refractivity contribution is -0.132. The molecule has 106 valence electrons. The van der Waals surface area contributed by atoms with Crippen LogP contribution in [0.15, 0.2) is 24.3 Å². The van der Waals surface area contributed by atoms with Crippen molar-refractivity contribution in [2.24, 2.45) is 0 Å². The molecule has 0 aromatic heterocycles. The van der Waals surface area contributed by atoms with Crippen molar-refractivity contribution in [1.82, 2.24) is 4.90 Å². The molecule has 0 aliphatic heterocycles. The van der Waals surface area contributed by atoms with E-state index in [0.29, 0.717) is 32.7 Å². The van der Waals surface area contributed by atoms with Crippen molar-refractivity contribution in [2.45, 2.75) is 33.2 Å². The Morgan fingerprint density at radius 3 is 2.79 bits per heavy atom. The van der Waals surface area contributed by atoms with Crippen LogP contribution in [0.25, 0.3) is 0 Å². The summed E-state index contributed by atoms with van der Waals surface area (Å²) in [6, 6.07) is 6.37. The third kappa shape index (κ3) is 5.83. The van der Waals surface area contributed by atoms with Gasteiger partial charge in [0.15, 0.2) is 0 Å². The number of carbonyl (C=O) groups excluding carboxylic acids is 1. The maximum absolute atomic E-state index is 13.1. The normalized spacial score (nSPS) is 10.5. The molecule has 0 unspecified atom stereocenters. The lowest BCUT2D eigenvalue weighted by Gasteiger charge is -2.21. The SMILES string of the molecule is CCOCCCC(=O)N(CC)Cc1cccc(F)c1. The van der Waals surface area contributed by atoms with E-state index >= 15 is 0 Å². The van der Waals surface area contributed by atoms with E-state index in [0.717, 1.165) is 12.0 Å². The molecule has 1 amide bonds. The summed E-state index contributed by atoms with van der Waals surface area (Å²) >= 11 is 0. The standard InChI is InChI=1S/C15H22FNO2/c1-3-17(15(18)9-6-10-19-4-2)12-13-7-5-8-14(16)11-13/h5,7-8,11H,3-4,6,9-10,12H2,1-2H3. The molecule has 0 heterocycles. The molecule has 1 aromatic rings. The van der Waals surface area contributed by atoms with Gasteiger partial charge in [-0.15, -0.1) is 0 Å². The number of hydrogen-bond donors (Lipinski definition) is 0. The second kappa shape index (κ2) is 8.64. The van der Waals surface area contributed by atoms with Crippen molar-refractivity contribution < 1.29 is 13.9 Å². The Morgan fingerprint density at radius 2 is 2.16 bits per heavy atom. The van der Waals surface area contributed by atoms with Gasteiger partial charge in [0.1, 0.15) is 5.82 Å². The molecule has 1 aromatic carbocycles. The first-order valence-electron chi connectivity index (χ1n) is 6.77. The molecule has 4 heteroatoms. The molecule has 0 bridgehead atoms. The van der Waals surface area contributed by atoms with Crippen molar-refractivity contribution in [2.75, 3.05) is 19.8 Å². The first kappa shape index (κ1) is 15.6. The fourth-order valence-corrected chi connectivity index (χ4v) is 1.86. The summed E-state index contributed by atoms with van der Waals surface area (Å²) in [6.07, 6.45) is 1.20. The third-order valence-electron chi connectivity index (χ3n) is 2.88. The summed E-state index contributed by atoms with van der Waals surface area (Å²) in [5, 5.41) is 0. The van der Waals surface area contributed by atoms with Crippen LogP contribution in [0.1, 0.15) is 32.3 Å². The number of ether oxygens (including phenoxy) is 1. The maximum Gasteiger partial charge on any atom is 0.222 e. The summed E-state index contributed by atoms with van der Waals surface area (Å²) in [5.74, 6) is -0.177. The van der Waals surface area contributed by atoms with Crippen molar-refractivity contribution >= 4 is 5.91 Å². The van der Waals surface area contributed by atoms with Gasteiger partial charge < -0.3 is 9.64 Å². The van der Waals surface area contributed by atoms with Crippen LogP contribution >= 0.6 is 0 Å². The number of amides is 1. The van der Waals surface area contributed by atoms with Gasteiger partial charge in [0.05, 0.1) is 0 Å². The first-order valence-corrected chi connectivity index (χ1v) is 6.77. The average molecular weight is 267 g/mol. The molecule has 0 atom stereocenters. The lowest BCUT2D eigenvalue weighted by atomic mass is 10.2. The number of carbonyl (C=O) groups is 1. The summed E-state index contributed by atoms with van der Waals surface area (Å²) in [7, 11) is 0. The summed E-state index contributed by atoms with van der Waals surface area (Å²) in [6.45, 7) is 6.24. The number of halogens is 1.